The van der Waals surface area contributed by atoms with Crippen molar-refractivity contribution in [3.05, 3.63) is 323 Å². The minimum absolute atomic E-state index is 0. The molecule has 0 heterocycles. The standard InChI is InChI=1S/3C21H21P.Pd/c3*1-4-10-19(11-5-1)16-22(17-20-12-6-2-7-13-20)18-21-14-8-3-9-15-21;/h3*1-15H,16-18H2;. The van der Waals surface area contributed by atoms with E-state index in [-0.39, 0.29) is 44.2 Å². The Kier molecular flexibility index (Phi) is 23.2. The summed E-state index contributed by atoms with van der Waals surface area (Å²) in [7, 11) is -0.269. The van der Waals surface area contributed by atoms with Gasteiger partial charge in [0.05, 0.1) is 0 Å². The smallest absolute Gasteiger partial charge is 0 e. The second-order valence-electron chi connectivity index (χ2n) is 16.8. The number of rotatable bonds is 18. The molecule has 0 nitrogen and oxygen atoms in total. The van der Waals surface area contributed by atoms with E-state index in [0.717, 1.165) is 0 Å². The molecule has 0 radical (unpaired) electrons. The van der Waals surface area contributed by atoms with Crippen molar-refractivity contribution in [1.29, 1.82) is 0 Å². The van der Waals surface area contributed by atoms with Crippen molar-refractivity contribution in [3.8, 4) is 0 Å². The first-order chi connectivity index (χ1) is 32.7. The van der Waals surface area contributed by atoms with E-state index >= 15 is 0 Å². The van der Waals surface area contributed by atoms with Crippen LogP contribution in [0.15, 0.2) is 273 Å². The van der Waals surface area contributed by atoms with Crippen LogP contribution in [0.1, 0.15) is 50.1 Å². The van der Waals surface area contributed by atoms with Gasteiger partial charge in [-0.2, -0.15) is 0 Å². The van der Waals surface area contributed by atoms with Crippen LogP contribution in [0.25, 0.3) is 0 Å². The molecule has 0 aliphatic carbocycles. The largest absolute Gasteiger partial charge is 0.0932 e. The Balaban J connectivity index is 0.000000165. The molecule has 0 N–H and O–H groups in total. The van der Waals surface area contributed by atoms with Crippen LogP contribution in [-0.4, -0.2) is 0 Å². The first-order valence-electron chi connectivity index (χ1n) is 23.2. The van der Waals surface area contributed by atoms with Crippen LogP contribution in [0.5, 0.6) is 0 Å². The maximum Gasteiger partial charge on any atom is 0 e. The maximum absolute atomic E-state index is 2.26. The average Bonchev–Trinajstić information content (AvgIpc) is 3.37. The number of hydrogen-bond acceptors (Lipinski definition) is 0. The average molecular weight is 1020 g/mol. The zero-order chi connectivity index (χ0) is 45.1. The van der Waals surface area contributed by atoms with Crippen LogP contribution in [0.4, 0.5) is 0 Å². The van der Waals surface area contributed by atoms with Crippen molar-refractivity contribution in [3.63, 3.8) is 0 Å². The molecular formula is C63H63P3Pd. The van der Waals surface area contributed by atoms with Gasteiger partial charge in [-0.15, -0.1) is 0 Å². The molecule has 0 aliphatic rings. The minimum Gasteiger partial charge on any atom is -0.0932 e. The van der Waals surface area contributed by atoms with Crippen LogP contribution in [0, 0.1) is 0 Å². The second-order valence-corrected chi connectivity index (χ2v) is 23.7. The topological polar surface area (TPSA) is 0 Å². The molecule has 0 unspecified atom stereocenters. The summed E-state index contributed by atoms with van der Waals surface area (Å²) in [5.74, 6) is 0. The molecule has 0 saturated carbocycles. The Morgan fingerprint density at radius 1 is 0.149 bits per heavy atom. The van der Waals surface area contributed by atoms with Gasteiger partial charge in [0.25, 0.3) is 0 Å². The molecule has 9 rings (SSSR count). The van der Waals surface area contributed by atoms with Crippen molar-refractivity contribution >= 4 is 23.8 Å². The number of hydrogen-bond donors (Lipinski definition) is 0. The van der Waals surface area contributed by atoms with Crippen LogP contribution in [0.2, 0.25) is 0 Å². The monoisotopic (exact) mass is 1020 g/mol. The maximum atomic E-state index is 2.26. The van der Waals surface area contributed by atoms with Crippen LogP contribution in [-0.2, 0) is 75.9 Å². The second kappa shape index (κ2) is 30.3. The molecule has 0 fully saturated rings. The van der Waals surface area contributed by atoms with Crippen LogP contribution in [0.3, 0.4) is 0 Å². The van der Waals surface area contributed by atoms with Crippen molar-refractivity contribution < 1.29 is 20.4 Å². The van der Waals surface area contributed by atoms with Gasteiger partial charge in [0.2, 0.25) is 0 Å². The first kappa shape index (κ1) is 51.3. The molecule has 340 valence electrons. The Hall–Kier alpha value is -5.07. The van der Waals surface area contributed by atoms with Crippen LogP contribution < -0.4 is 0 Å². The summed E-state index contributed by atoms with van der Waals surface area (Å²) in [6.07, 6.45) is 10.7. The summed E-state index contributed by atoms with van der Waals surface area (Å²) >= 11 is 0. The zero-order valence-corrected chi connectivity index (χ0v) is 42.7. The Morgan fingerprint density at radius 2 is 0.239 bits per heavy atom. The summed E-state index contributed by atoms with van der Waals surface area (Å²) in [4.78, 5) is 0. The first-order valence-corrected chi connectivity index (χ1v) is 28.9. The van der Waals surface area contributed by atoms with E-state index in [1.807, 2.05) is 0 Å². The molecular weight excluding hydrogens is 956 g/mol. The van der Waals surface area contributed by atoms with Gasteiger partial charge < -0.3 is 0 Å². The Bertz CT molecular complexity index is 1990. The van der Waals surface area contributed by atoms with Crippen molar-refractivity contribution in [1.82, 2.24) is 0 Å². The normalized spacial score (nSPS) is 10.6. The summed E-state index contributed by atoms with van der Waals surface area (Å²) in [5.41, 5.74) is 13.1. The van der Waals surface area contributed by atoms with Gasteiger partial charge in [-0.25, -0.2) is 0 Å². The third-order valence-electron chi connectivity index (χ3n) is 11.2. The molecule has 0 spiro atoms. The summed E-state index contributed by atoms with van der Waals surface area (Å²) in [5, 5.41) is 0. The molecule has 0 aromatic heterocycles. The van der Waals surface area contributed by atoms with Gasteiger partial charge in [0.1, 0.15) is 0 Å². The predicted octanol–water partition coefficient (Wildman–Crippen LogP) is 18.2. The van der Waals surface area contributed by atoms with Gasteiger partial charge in [-0.05, 0) is 106 Å². The van der Waals surface area contributed by atoms with Gasteiger partial charge >= 0.3 is 0 Å². The van der Waals surface area contributed by atoms with E-state index in [0.29, 0.717) is 0 Å². The molecule has 0 atom stereocenters. The summed E-state index contributed by atoms with van der Waals surface area (Å²) in [6.45, 7) is 0. The fraction of sp³-hybridized carbons (Fsp3) is 0.143. The van der Waals surface area contributed by atoms with Crippen molar-refractivity contribution in [2.45, 2.75) is 55.5 Å². The van der Waals surface area contributed by atoms with Gasteiger partial charge in [0, 0.05) is 20.4 Å². The summed E-state index contributed by atoms with van der Waals surface area (Å²) < 4.78 is 0. The van der Waals surface area contributed by atoms with Gasteiger partial charge in [-0.3, -0.25) is 0 Å². The third-order valence-corrected chi connectivity index (χ3v) is 18.6. The minimum atomic E-state index is -0.0895. The van der Waals surface area contributed by atoms with E-state index in [1.165, 1.54) is 106 Å². The van der Waals surface area contributed by atoms with Crippen molar-refractivity contribution in [2.75, 3.05) is 0 Å². The fourth-order valence-corrected chi connectivity index (χ4v) is 15.6. The molecule has 0 saturated heterocycles. The van der Waals surface area contributed by atoms with E-state index in [9.17, 15) is 0 Å². The molecule has 9 aromatic carbocycles. The third kappa shape index (κ3) is 20.0. The summed E-state index contributed by atoms with van der Waals surface area (Å²) in [6, 6.07) is 98.1. The van der Waals surface area contributed by atoms with Crippen molar-refractivity contribution in [2.24, 2.45) is 0 Å². The van der Waals surface area contributed by atoms with E-state index in [1.54, 1.807) is 0 Å². The SMILES string of the molecule is [Pd].c1ccc(CP(Cc2ccccc2)Cc2ccccc2)cc1.c1ccc(CP(Cc2ccccc2)Cc2ccccc2)cc1.c1ccc(CP(Cc2ccccc2)Cc2ccccc2)cc1. The molecule has 9 aromatic rings. The van der Waals surface area contributed by atoms with E-state index in [2.05, 4.69) is 273 Å². The Labute approximate surface area is 419 Å². The van der Waals surface area contributed by atoms with E-state index in [4.69, 9.17) is 0 Å². The van der Waals surface area contributed by atoms with Gasteiger partial charge in [-0.1, -0.05) is 297 Å². The molecule has 4 heteroatoms. The predicted molar refractivity (Wildman–Crippen MR) is 292 cm³/mol. The number of benzene rings is 9. The zero-order valence-electron chi connectivity index (χ0n) is 38.5. The van der Waals surface area contributed by atoms with Crippen LogP contribution >= 0.6 is 23.8 Å². The van der Waals surface area contributed by atoms with E-state index < -0.39 is 0 Å². The quantitative estimate of drug-likeness (QED) is 0.0594. The molecule has 0 bridgehead atoms. The Morgan fingerprint density at radius 3 is 0.328 bits per heavy atom. The fourth-order valence-electron chi connectivity index (χ4n) is 8.08. The molecule has 0 amide bonds. The van der Waals surface area contributed by atoms with Gasteiger partial charge in [0.15, 0.2) is 0 Å². The molecule has 67 heavy (non-hydrogen) atoms. The molecule has 0 aliphatic heterocycles.